The SMILES string of the molecule is Cc1c(N2CCNC(C(=O)N3CCN(c4cc(Cl)ccc4Cl)CC3)C2)cccc1S(=O)(=O)C(C)C. The van der Waals surface area contributed by atoms with Gasteiger partial charge in [-0.2, -0.15) is 0 Å². The van der Waals surface area contributed by atoms with Crippen molar-refractivity contribution in [2.75, 3.05) is 55.6 Å². The molecule has 190 valence electrons. The van der Waals surface area contributed by atoms with Gasteiger partial charge in [-0.3, -0.25) is 4.79 Å². The average molecular weight is 540 g/mol. The predicted octanol–water partition coefficient (Wildman–Crippen LogP) is 3.61. The molecule has 0 radical (unpaired) electrons. The molecule has 35 heavy (non-hydrogen) atoms. The van der Waals surface area contributed by atoms with Crippen molar-refractivity contribution in [2.45, 2.75) is 37.0 Å². The second-order valence-electron chi connectivity index (χ2n) is 9.35. The molecule has 1 N–H and O–H groups in total. The number of sulfone groups is 1. The Morgan fingerprint density at radius 2 is 1.71 bits per heavy atom. The third kappa shape index (κ3) is 5.40. The molecule has 2 aliphatic rings. The van der Waals surface area contributed by atoms with Crippen LogP contribution in [0.15, 0.2) is 41.3 Å². The van der Waals surface area contributed by atoms with Gasteiger partial charge in [-0.25, -0.2) is 8.42 Å². The van der Waals surface area contributed by atoms with Crippen molar-refractivity contribution >= 4 is 50.3 Å². The number of hydrogen-bond donors (Lipinski definition) is 1. The first-order valence-corrected chi connectivity index (χ1v) is 14.2. The first kappa shape index (κ1) is 26.1. The van der Waals surface area contributed by atoms with E-state index < -0.39 is 15.1 Å². The first-order chi connectivity index (χ1) is 16.6. The lowest BCUT2D eigenvalue weighted by molar-refractivity contribution is -0.133. The van der Waals surface area contributed by atoms with E-state index in [4.69, 9.17) is 23.2 Å². The van der Waals surface area contributed by atoms with Gasteiger partial charge in [-0.15, -0.1) is 0 Å². The lowest BCUT2D eigenvalue weighted by Crippen LogP contribution is -2.60. The van der Waals surface area contributed by atoms with Crippen molar-refractivity contribution in [2.24, 2.45) is 0 Å². The Hall–Kier alpha value is -2.00. The molecule has 7 nitrogen and oxygen atoms in total. The highest BCUT2D eigenvalue weighted by Gasteiger charge is 2.32. The van der Waals surface area contributed by atoms with Crippen LogP contribution < -0.4 is 15.1 Å². The van der Waals surface area contributed by atoms with Gasteiger partial charge in [0, 0.05) is 56.5 Å². The monoisotopic (exact) mass is 538 g/mol. The molecule has 0 aliphatic carbocycles. The van der Waals surface area contributed by atoms with E-state index >= 15 is 0 Å². The third-order valence-corrected chi connectivity index (χ3v) is 9.69. The van der Waals surface area contributed by atoms with Crippen molar-refractivity contribution in [3.8, 4) is 0 Å². The molecule has 2 fully saturated rings. The van der Waals surface area contributed by atoms with Gasteiger partial charge in [0.05, 0.1) is 20.9 Å². The Labute approximate surface area is 217 Å². The summed E-state index contributed by atoms with van der Waals surface area (Å²) in [5.74, 6) is 0.0650. The fourth-order valence-corrected chi connectivity index (χ4v) is 6.47. The molecule has 0 aromatic heterocycles. The van der Waals surface area contributed by atoms with Crippen molar-refractivity contribution in [1.82, 2.24) is 10.2 Å². The number of amides is 1. The van der Waals surface area contributed by atoms with Crippen LogP contribution in [-0.2, 0) is 14.6 Å². The van der Waals surface area contributed by atoms with Crippen LogP contribution >= 0.6 is 23.2 Å². The molecular weight excluding hydrogens is 507 g/mol. The molecule has 1 atom stereocenters. The Kier molecular flexibility index (Phi) is 7.86. The summed E-state index contributed by atoms with van der Waals surface area (Å²) >= 11 is 12.5. The van der Waals surface area contributed by atoms with Gasteiger partial charge in [-0.05, 0) is 56.7 Å². The maximum absolute atomic E-state index is 13.4. The van der Waals surface area contributed by atoms with E-state index in [0.29, 0.717) is 60.8 Å². The molecule has 1 amide bonds. The summed E-state index contributed by atoms with van der Waals surface area (Å²) in [6.07, 6.45) is 0. The number of halogens is 2. The van der Waals surface area contributed by atoms with Crippen LogP contribution in [0.25, 0.3) is 0 Å². The predicted molar refractivity (Wildman–Crippen MR) is 143 cm³/mol. The van der Waals surface area contributed by atoms with Crippen LogP contribution in [0.3, 0.4) is 0 Å². The molecule has 2 aromatic rings. The molecule has 1 unspecified atom stereocenters. The van der Waals surface area contributed by atoms with Crippen LogP contribution in [0.1, 0.15) is 19.4 Å². The van der Waals surface area contributed by atoms with E-state index in [1.807, 2.05) is 24.0 Å². The van der Waals surface area contributed by atoms with E-state index in [0.717, 1.165) is 16.9 Å². The molecule has 10 heteroatoms. The first-order valence-electron chi connectivity index (χ1n) is 11.9. The summed E-state index contributed by atoms with van der Waals surface area (Å²) in [5.41, 5.74) is 2.49. The van der Waals surface area contributed by atoms with Crippen LogP contribution in [0.4, 0.5) is 11.4 Å². The Bertz CT molecular complexity index is 1200. The molecule has 0 spiro atoms. The minimum absolute atomic E-state index is 0.0650. The highest BCUT2D eigenvalue weighted by atomic mass is 35.5. The molecule has 2 heterocycles. The zero-order chi connectivity index (χ0) is 25.3. The lowest BCUT2D eigenvalue weighted by atomic mass is 10.1. The summed E-state index contributed by atoms with van der Waals surface area (Å²) in [5, 5.41) is 4.15. The number of piperazine rings is 2. The van der Waals surface area contributed by atoms with Crippen molar-refractivity contribution in [3.05, 3.63) is 52.0 Å². The van der Waals surface area contributed by atoms with E-state index in [2.05, 4.69) is 15.1 Å². The molecule has 0 bridgehead atoms. The number of nitrogens with zero attached hydrogens (tertiary/aromatic N) is 3. The van der Waals surface area contributed by atoms with E-state index in [1.165, 1.54) is 0 Å². The van der Waals surface area contributed by atoms with Crippen LogP contribution in [0, 0.1) is 6.92 Å². The molecule has 0 saturated carbocycles. The van der Waals surface area contributed by atoms with Gasteiger partial charge in [0.25, 0.3) is 0 Å². The molecule has 2 aliphatic heterocycles. The van der Waals surface area contributed by atoms with E-state index in [-0.39, 0.29) is 11.9 Å². The normalized spacial score (nSPS) is 19.4. The van der Waals surface area contributed by atoms with Gasteiger partial charge in [0.15, 0.2) is 9.84 Å². The highest BCUT2D eigenvalue weighted by Crippen LogP contribution is 2.31. The number of nitrogens with one attached hydrogen (secondary N) is 1. The molecule has 4 rings (SSSR count). The number of benzene rings is 2. The van der Waals surface area contributed by atoms with Gasteiger partial charge >= 0.3 is 0 Å². The van der Waals surface area contributed by atoms with Crippen molar-refractivity contribution < 1.29 is 13.2 Å². The molecule has 2 saturated heterocycles. The maximum Gasteiger partial charge on any atom is 0.241 e. The Morgan fingerprint density at radius 3 is 2.40 bits per heavy atom. The number of carbonyl (C=O) groups excluding carboxylic acids is 1. The lowest BCUT2D eigenvalue weighted by Gasteiger charge is -2.41. The third-order valence-electron chi connectivity index (χ3n) is 6.84. The van der Waals surface area contributed by atoms with Crippen molar-refractivity contribution in [1.29, 1.82) is 0 Å². The summed E-state index contributed by atoms with van der Waals surface area (Å²) in [6.45, 7) is 9.64. The highest BCUT2D eigenvalue weighted by molar-refractivity contribution is 7.92. The van der Waals surface area contributed by atoms with Crippen LogP contribution in [0.5, 0.6) is 0 Å². The van der Waals surface area contributed by atoms with E-state index in [1.54, 1.807) is 38.1 Å². The topological polar surface area (TPSA) is 73.0 Å². The Balaban J connectivity index is 1.44. The standard InChI is InChI=1S/C25H32Cl2N4O3S/c1-17(2)35(33,34)24-6-4-5-22(18(24)3)31-10-9-28-21(16-31)25(32)30-13-11-29(12-14-30)23-15-19(26)7-8-20(23)27/h4-8,15,17,21,28H,9-14,16H2,1-3H3. The quantitative estimate of drug-likeness (QED) is 0.626. The average Bonchev–Trinajstić information content (AvgIpc) is 2.85. The van der Waals surface area contributed by atoms with Crippen molar-refractivity contribution in [3.63, 3.8) is 0 Å². The van der Waals surface area contributed by atoms with Gasteiger partial charge in [0.2, 0.25) is 5.91 Å². The van der Waals surface area contributed by atoms with Crippen LogP contribution in [0.2, 0.25) is 10.0 Å². The zero-order valence-electron chi connectivity index (χ0n) is 20.3. The minimum Gasteiger partial charge on any atom is -0.368 e. The summed E-state index contributed by atoms with van der Waals surface area (Å²) in [6, 6.07) is 10.5. The second-order valence-corrected chi connectivity index (χ2v) is 12.7. The molecule has 2 aromatic carbocycles. The second kappa shape index (κ2) is 10.5. The minimum atomic E-state index is -3.39. The maximum atomic E-state index is 13.4. The van der Waals surface area contributed by atoms with Gasteiger partial charge in [0.1, 0.15) is 6.04 Å². The van der Waals surface area contributed by atoms with E-state index in [9.17, 15) is 13.2 Å². The fraction of sp³-hybridized carbons (Fsp3) is 0.480. The summed E-state index contributed by atoms with van der Waals surface area (Å²) in [4.78, 5) is 19.9. The Morgan fingerprint density at radius 1 is 1.00 bits per heavy atom. The fourth-order valence-electron chi connectivity index (χ4n) is 4.76. The number of hydrogen-bond acceptors (Lipinski definition) is 6. The number of carbonyl (C=O) groups is 1. The summed E-state index contributed by atoms with van der Waals surface area (Å²) < 4.78 is 25.6. The summed E-state index contributed by atoms with van der Waals surface area (Å²) in [7, 11) is -3.39. The number of rotatable bonds is 5. The molecular formula is C25H32Cl2N4O3S. The largest absolute Gasteiger partial charge is 0.368 e. The van der Waals surface area contributed by atoms with Gasteiger partial charge in [-0.1, -0.05) is 29.3 Å². The van der Waals surface area contributed by atoms with Gasteiger partial charge < -0.3 is 20.0 Å². The smallest absolute Gasteiger partial charge is 0.241 e. The van der Waals surface area contributed by atoms with Crippen LogP contribution in [-0.4, -0.2) is 76.3 Å². The zero-order valence-corrected chi connectivity index (χ0v) is 22.6. The number of anilines is 2.